The molecule has 7 nitrogen and oxygen atoms in total. The SMILES string of the molecule is CN(CC(=O)O)C1CN(C(=O)CC2CCCCO2)C[C@H]1O. The third kappa shape index (κ3) is 4.39. The number of ether oxygens (including phenoxy) is 1. The Morgan fingerprint density at radius 2 is 2.10 bits per heavy atom. The first-order valence-corrected chi connectivity index (χ1v) is 7.47. The molecule has 3 atom stereocenters. The van der Waals surface area contributed by atoms with Gasteiger partial charge in [-0.15, -0.1) is 0 Å². The number of carboxylic acid groups (broad SMARTS) is 1. The lowest BCUT2D eigenvalue weighted by atomic mass is 10.1. The van der Waals surface area contributed by atoms with Crippen molar-refractivity contribution >= 4 is 11.9 Å². The van der Waals surface area contributed by atoms with E-state index in [4.69, 9.17) is 9.84 Å². The van der Waals surface area contributed by atoms with Crippen LogP contribution in [-0.4, -0.2) is 83.4 Å². The molecule has 2 rings (SSSR count). The lowest BCUT2D eigenvalue weighted by molar-refractivity contribution is -0.138. The van der Waals surface area contributed by atoms with E-state index in [0.717, 1.165) is 19.3 Å². The van der Waals surface area contributed by atoms with Gasteiger partial charge < -0.3 is 19.8 Å². The van der Waals surface area contributed by atoms with Crippen LogP contribution in [0.15, 0.2) is 0 Å². The monoisotopic (exact) mass is 300 g/mol. The molecule has 1 amide bonds. The second kappa shape index (κ2) is 7.20. The summed E-state index contributed by atoms with van der Waals surface area (Å²) in [4.78, 5) is 26.2. The zero-order valence-corrected chi connectivity index (χ0v) is 12.4. The summed E-state index contributed by atoms with van der Waals surface area (Å²) in [6, 6.07) is -0.322. The molecule has 0 spiro atoms. The van der Waals surface area contributed by atoms with Crippen molar-refractivity contribution < 1.29 is 24.5 Å². The van der Waals surface area contributed by atoms with Crippen molar-refractivity contribution in [3.05, 3.63) is 0 Å². The fourth-order valence-corrected chi connectivity index (χ4v) is 3.03. The van der Waals surface area contributed by atoms with Gasteiger partial charge >= 0.3 is 5.97 Å². The molecule has 0 aromatic heterocycles. The zero-order valence-electron chi connectivity index (χ0n) is 12.4. The highest BCUT2D eigenvalue weighted by Gasteiger charge is 2.37. The predicted molar refractivity (Wildman–Crippen MR) is 74.8 cm³/mol. The van der Waals surface area contributed by atoms with Crippen LogP contribution >= 0.6 is 0 Å². The maximum absolute atomic E-state index is 12.2. The molecule has 2 unspecified atom stereocenters. The van der Waals surface area contributed by atoms with Crippen LogP contribution in [0, 0.1) is 0 Å². The lowest BCUT2D eigenvalue weighted by Gasteiger charge is -2.26. The summed E-state index contributed by atoms with van der Waals surface area (Å²) in [7, 11) is 1.65. The first kappa shape index (κ1) is 16.2. The molecule has 0 aromatic rings. The Morgan fingerprint density at radius 3 is 2.71 bits per heavy atom. The van der Waals surface area contributed by atoms with Gasteiger partial charge in [0, 0.05) is 19.7 Å². The number of rotatable bonds is 5. The fraction of sp³-hybridized carbons (Fsp3) is 0.857. The molecule has 2 heterocycles. The Kier molecular flexibility index (Phi) is 5.55. The molecule has 120 valence electrons. The molecule has 0 radical (unpaired) electrons. The quantitative estimate of drug-likeness (QED) is 0.714. The number of carbonyl (C=O) groups excluding carboxylic acids is 1. The summed E-state index contributed by atoms with van der Waals surface area (Å²) in [6.07, 6.45) is 2.68. The zero-order chi connectivity index (χ0) is 15.4. The number of likely N-dealkylation sites (tertiary alicyclic amines) is 1. The minimum absolute atomic E-state index is 0.0146. The minimum atomic E-state index is -0.940. The molecule has 7 heteroatoms. The highest BCUT2D eigenvalue weighted by atomic mass is 16.5. The number of hydrogen-bond donors (Lipinski definition) is 2. The molecule has 21 heavy (non-hydrogen) atoms. The Bertz CT molecular complexity index is 384. The van der Waals surface area contributed by atoms with Gasteiger partial charge in [0.15, 0.2) is 0 Å². The Balaban J connectivity index is 1.84. The van der Waals surface area contributed by atoms with Crippen LogP contribution in [0.2, 0.25) is 0 Å². The van der Waals surface area contributed by atoms with Crippen molar-refractivity contribution in [3.8, 4) is 0 Å². The van der Waals surface area contributed by atoms with Crippen LogP contribution in [0.5, 0.6) is 0 Å². The lowest BCUT2D eigenvalue weighted by Crippen LogP contribution is -2.43. The van der Waals surface area contributed by atoms with Crippen molar-refractivity contribution in [2.24, 2.45) is 0 Å². The van der Waals surface area contributed by atoms with Gasteiger partial charge in [-0.05, 0) is 26.3 Å². The second-order valence-electron chi connectivity index (χ2n) is 5.93. The number of carboxylic acids is 1. The third-order valence-corrected chi connectivity index (χ3v) is 4.24. The van der Waals surface area contributed by atoms with Gasteiger partial charge in [0.1, 0.15) is 0 Å². The topological polar surface area (TPSA) is 90.3 Å². The van der Waals surface area contributed by atoms with E-state index in [9.17, 15) is 14.7 Å². The third-order valence-electron chi connectivity index (χ3n) is 4.24. The molecule has 0 bridgehead atoms. The Labute approximate surface area is 124 Å². The van der Waals surface area contributed by atoms with Gasteiger partial charge in [-0.1, -0.05) is 0 Å². The summed E-state index contributed by atoms with van der Waals surface area (Å²) >= 11 is 0. The molecule has 2 aliphatic rings. The van der Waals surface area contributed by atoms with Crippen LogP contribution in [0.25, 0.3) is 0 Å². The normalized spacial score (nSPS) is 29.9. The maximum Gasteiger partial charge on any atom is 0.317 e. The number of aliphatic hydroxyl groups excluding tert-OH is 1. The molecule has 2 fully saturated rings. The van der Waals surface area contributed by atoms with Gasteiger partial charge in [-0.2, -0.15) is 0 Å². The molecule has 2 saturated heterocycles. The Morgan fingerprint density at radius 1 is 1.33 bits per heavy atom. The highest BCUT2D eigenvalue weighted by molar-refractivity contribution is 5.77. The predicted octanol–water partition coefficient (Wildman–Crippen LogP) is -0.466. The number of aliphatic hydroxyl groups is 1. The molecule has 0 saturated carbocycles. The highest BCUT2D eigenvalue weighted by Crippen LogP contribution is 2.20. The minimum Gasteiger partial charge on any atom is -0.480 e. The Hall–Kier alpha value is -1.18. The molecule has 0 aromatic carbocycles. The number of hydrogen-bond acceptors (Lipinski definition) is 5. The first-order chi connectivity index (χ1) is 9.97. The number of nitrogens with zero attached hydrogens (tertiary/aromatic N) is 2. The fourth-order valence-electron chi connectivity index (χ4n) is 3.03. The number of carbonyl (C=O) groups is 2. The number of amides is 1. The molecular formula is C14H24N2O5. The number of aliphatic carboxylic acids is 1. The number of β-amino-alcohol motifs (C(OH)–C–C–N with tert-alkyl or cyclic N) is 1. The summed E-state index contributed by atoms with van der Waals surface area (Å²) in [5, 5.41) is 18.8. The smallest absolute Gasteiger partial charge is 0.317 e. The average Bonchev–Trinajstić information content (AvgIpc) is 2.81. The van der Waals surface area contributed by atoms with E-state index in [1.807, 2.05) is 0 Å². The van der Waals surface area contributed by atoms with Crippen LogP contribution in [0.4, 0.5) is 0 Å². The van der Waals surface area contributed by atoms with Crippen LogP contribution in [0.1, 0.15) is 25.7 Å². The largest absolute Gasteiger partial charge is 0.480 e. The second-order valence-corrected chi connectivity index (χ2v) is 5.93. The summed E-state index contributed by atoms with van der Waals surface area (Å²) in [5.74, 6) is -0.961. The molecule has 0 aliphatic carbocycles. The van der Waals surface area contributed by atoms with Gasteiger partial charge in [0.05, 0.1) is 31.2 Å². The van der Waals surface area contributed by atoms with Crippen LogP contribution in [0.3, 0.4) is 0 Å². The van der Waals surface area contributed by atoms with E-state index in [2.05, 4.69) is 0 Å². The van der Waals surface area contributed by atoms with E-state index in [1.54, 1.807) is 16.8 Å². The standard InChI is InChI=1S/C14H24N2O5/c1-15(9-14(19)20)11-7-16(8-12(11)17)13(18)6-10-4-2-3-5-21-10/h10-12,17H,2-9H2,1H3,(H,19,20)/t10?,11?,12-/m1/s1. The van der Waals surface area contributed by atoms with Crippen LogP contribution in [-0.2, 0) is 14.3 Å². The van der Waals surface area contributed by atoms with Crippen molar-refractivity contribution in [2.75, 3.05) is 33.3 Å². The van der Waals surface area contributed by atoms with Gasteiger partial charge in [-0.3, -0.25) is 14.5 Å². The van der Waals surface area contributed by atoms with E-state index >= 15 is 0 Å². The van der Waals surface area contributed by atoms with Gasteiger partial charge in [-0.25, -0.2) is 0 Å². The summed E-state index contributed by atoms with van der Waals surface area (Å²) in [5.41, 5.74) is 0. The number of likely N-dealkylation sites (N-methyl/N-ethyl adjacent to an activating group) is 1. The molecule has 2 aliphatic heterocycles. The summed E-state index contributed by atoms with van der Waals surface area (Å²) < 4.78 is 5.56. The molecule has 2 N–H and O–H groups in total. The van der Waals surface area contributed by atoms with Crippen molar-refractivity contribution in [1.29, 1.82) is 0 Å². The van der Waals surface area contributed by atoms with Crippen LogP contribution < -0.4 is 0 Å². The molecular weight excluding hydrogens is 276 g/mol. The summed E-state index contributed by atoms with van der Waals surface area (Å²) in [6.45, 7) is 1.21. The van der Waals surface area contributed by atoms with Crippen molar-refractivity contribution in [1.82, 2.24) is 9.80 Å². The van der Waals surface area contributed by atoms with Crippen molar-refractivity contribution in [2.45, 2.75) is 43.9 Å². The van der Waals surface area contributed by atoms with Crippen molar-refractivity contribution in [3.63, 3.8) is 0 Å². The van der Waals surface area contributed by atoms with Gasteiger partial charge in [0.25, 0.3) is 0 Å². The maximum atomic E-state index is 12.2. The van der Waals surface area contributed by atoms with E-state index in [0.29, 0.717) is 19.6 Å². The van der Waals surface area contributed by atoms with Gasteiger partial charge in [0.2, 0.25) is 5.91 Å². The first-order valence-electron chi connectivity index (χ1n) is 7.47. The van der Waals surface area contributed by atoms with E-state index in [-0.39, 0.29) is 31.1 Å². The van der Waals surface area contributed by atoms with E-state index in [1.165, 1.54) is 0 Å². The average molecular weight is 300 g/mol. The van der Waals surface area contributed by atoms with E-state index < -0.39 is 12.1 Å².